The van der Waals surface area contributed by atoms with Gasteiger partial charge >= 0.3 is 0 Å². The summed E-state index contributed by atoms with van der Waals surface area (Å²) < 4.78 is 0. The molecule has 2 aliphatic rings. The Hall–Kier alpha value is -0.970. The molecule has 1 aromatic rings. The van der Waals surface area contributed by atoms with Crippen molar-refractivity contribution in [1.29, 1.82) is 0 Å². The monoisotopic (exact) mass is 359 g/mol. The van der Waals surface area contributed by atoms with E-state index in [2.05, 4.69) is 46.7 Å². The predicted octanol–water partition coefficient (Wildman–Crippen LogP) is 2.54. The van der Waals surface area contributed by atoms with E-state index >= 15 is 0 Å². The fraction of sp³-hybridized carbons (Fsp3) is 0.588. The molecule has 2 atom stereocenters. The summed E-state index contributed by atoms with van der Waals surface area (Å²) in [5.41, 5.74) is 2.75. The first-order chi connectivity index (χ1) is 10.3. The molecule has 6 heteroatoms. The van der Waals surface area contributed by atoms with Gasteiger partial charge in [0.05, 0.1) is 6.04 Å². The molecular formula is C17H27Cl2N3O. The Morgan fingerprint density at radius 3 is 2.87 bits per heavy atom. The largest absolute Gasteiger partial charge is 0.366 e. The predicted molar refractivity (Wildman–Crippen MR) is 100 cm³/mol. The van der Waals surface area contributed by atoms with Crippen molar-refractivity contribution in [1.82, 2.24) is 10.6 Å². The molecule has 0 radical (unpaired) electrons. The van der Waals surface area contributed by atoms with Crippen molar-refractivity contribution in [2.24, 2.45) is 0 Å². The quantitative estimate of drug-likeness (QED) is 0.867. The van der Waals surface area contributed by atoms with E-state index in [1.807, 2.05) is 0 Å². The SMILES string of the molecule is CC(CNC(=O)[C@H]1CCCCN1)N1CCc2ccccc21.Cl.Cl. The number of piperidine rings is 1. The number of amides is 1. The fourth-order valence-corrected chi connectivity index (χ4v) is 3.38. The van der Waals surface area contributed by atoms with Crippen LogP contribution >= 0.6 is 24.8 Å². The van der Waals surface area contributed by atoms with E-state index in [0.717, 1.165) is 32.4 Å². The molecule has 4 nitrogen and oxygen atoms in total. The molecule has 23 heavy (non-hydrogen) atoms. The minimum atomic E-state index is 0. The molecule has 1 aromatic carbocycles. The summed E-state index contributed by atoms with van der Waals surface area (Å²) in [6, 6.07) is 8.92. The summed E-state index contributed by atoms with van der Waals surface area (Å²) >= 11 is 0. The second-order valence-electron chi connectivity index (χ2n) is 6.17. The lowest BCUT2D eigenvalue weighted by atomic mass is 10.0. The van der Waals surface area contributed by atoms with Gasteiger partial charge in [-0.1, -0.05) is 24.6 Å². The van der Waals surface area contributed by atoms with E-state index in [0.29, 0.717) is 12.6 Å². The van der Waals surface area contributed by atoms with Crippen LogP contribution in [0.3, 0.4) is 0 Å². The standard InChI is InChI=1S/C17H25N3O.2ClH/c1-13(12-19-17(21)15-7-4-5-10-18-15)20-11-9-14-6-2-3-8-16(14)20;;/h2-3,6,8,13,15,18H,4-5,7,9-12H2,1H3,(H,19,21);2*1H/t13?,15-;;/m1../s1. The third-order valence-electron chi connectivity index (χ3n) is 4.65. The highest BCUT2D eigenvalue weighted by Gasteiger charge is 2.25. The van der Waals surface area contributed by atoms with Crippen LogP contribution in [0, 0.1) is 0 Å². The van der Waals surface area contributed by atoms with Gasteiger partial charge in [0.2, 0.25) is 5.91 Å². The van der Waals surface area contributed by atoms with E-state index < -0.39 is 0 Å². The fourth-order valence-electron chi connectivity index (χ4n) is 3.38. The molecular weight excluding hydrogens is 333 g/mol. The zero-order chi connectivity index (χ0) is 14.7. The van der Waals surface area contributed by atoms with Gasteiger partial charge in [-0.05, 0) is 44.4 Å². The molecule has 2 heterocycles. The van der Waals surface area contributed by atoms with Gasteiger partial charge < -0.3 is 15.5 Å². The topological polar surface area (TPSA) is 44.4 Å². The zero-order valence-electron chi connectivity index (χ0n) is 13.6. The van der Waals surface area contributed by atoms with E-state index in [4.69, 9.17) is 0 Å². The number of hydrogen-bond acceptors (Lipinski definition) is 3. The van der Waals surface area contributed by atoms with Gasteiger partial charge in [0.1, 0.15) is 0 Å². The Bertz CT molecular complexity index is 506. The number of hydrogen-bond donors (Lipinski definition) is 2. The van der Waals surface area contributed by atoms with Crippen molar-refractivity contribution < 1.29 is 4.79 Å². The summed E-state index contributed by atoms with van der Waals surface area (Å²) in [7, 11) is 0. The average Bonchev–Trinajstić information content (AvgIpc) is 2.97. The Labute approximate surface area is 151 Å². The van der Waals surface area contributed by atoms with Crippen LogP contribution < -0.4 is 15.5 Å². The summed E-state index contributed by atoms with van der Waals surface area (Å²) in [5.74, 6) is 0.161. The zero-order valence-corrected chi connectivity index (χ0v) is 15.2. The highest BCUT2D eigenvalue weighted by Crippen LogP contribution is 2.28. The number of anilines is 1. The van der Waals surface area contributed by atoms with Crippen molar-refractivity contribution >= 4 is 36.4 Å². The Morgan fingerprint density at radius 2 is 2.13 bits per heavy atom. The second kappa shape index (κ2) is 9.36. The molecule has 0 aromatic heterocycles. The average molecular weight is 360 g/mol. The lowest BCUT2D eigenvalue weighted by Crippen LogP contribution is -2.50. The van der Waals surface area contributed by atoms with E-state index in [1.54, 1.807) is 0 Å². The van der Waals surface area contributed by atoms with Gasteiger partial charge in [-0.25, -0.2) is 0 Å². The number of nitrogens with zero attached hydrogens (tertiary/aromatic N) is 1. The first kappa shape index (κ1) is 20.1. The van der Waals surface area contributed by atoms with Crippen LogP contribution in [0.15, 0.2) is 24.3 Å². The first-order valence-corrected chi connectivity index (χ1v) is 8.11. The van der Waals surface area contributed by atoms with E-state index in [1.165, 1.54) is 17.7 Å². The van der Waals surface area contributed by atoms with Crippen LogP contribution in [0.1, 0.15) is 31.7 Å². The van der Waals surface area contributed by atoms with Gasteiger partial charge in [0, 0.05) is 24.8 Å². The molecule has 2 N–H and O–H groups in total. The van der Waals surface area contributed by atoms with Crippen LogP contribution in [0.25, 0.3) is 0 Å². The summed E-state index contributed by atoms with van der Waals surface area (Å²) in [5, 5.41) is 6.42. The molecule has 0 aliphatic carbocycles. The van der Waals surface area contributed by atoms with Crippen molar-refractivity contribution in [2.45, 2.75) is 44.7 Å². The number of fused-ring (bicyclic) bond motifs is 1. The highest BCUT2D eigenvalue weighted by atomic mass is 35.5. The third kappa shape index (κ3) is 4.75. The van der Waals surface area contributed by atoms with Crippen LogP contribution in [0.5, 0.6) is 0 Å². The molecule has 3 rings (SSSR count). The molecule has 0 saturated carbocycles. The second-order valence-corrected chi connectivity index (χ2v) is 6.17. The number of nitrogens with one attached hydrogen (secondary N) is 2. The third-order valence-corrected chi connectivity index (χ3v) is 4.65. The van der Waals surface area contributed by atoms with Gasteiger partial charge in [-0.3, -0.25) is 4.79 Å². The van der Waals surface area contributed by atoms with Gasteiger partial charge in [-0.2, -0.15) is 0 Å². The van der Waals surface area contributed by atoms with Gasteiger partial charge in [0.25, 0.3) is 0 Å². The normalized spacial score (nSPS) is 20.7. The lowest BCUT2D eigenvalue weighted by Gasteiger charge is -2.29. The van der Waals surface area contributed by atoms with Crippen LogP contribution in [-0.4, -0.2) is 37.6 Å². The minimum Gasteiger partial charge on any atom is -0.366 e. The van der Waals surface area contributed by atoms with E-state index in [9.17, 15) is 4.79 Å². The number of benzene rings is 1. The number of carbonyl (C=O) groups is 1. The van der Waals surface area contributed by atoms with Crippen molar-refractivity contribution in [3.05, 3.63) is 29.8 Å². The Kier molecular flexibility index (Phi) is 8.17. The van der Waals surface area contributed by atoms with Gasteiger partial charge in [0.15, 0.2) is 0 Å². The molecule has 2 aliphatic heterocycles. The number of rotatable bonds is 4. The Balaban J connectivity index is 0.00000132. The number of halogens is 2. The first-order valence-electron chi connectivity index (χ1n) is 8.11. The highest BCUT2D eigenvalue weighted by molar-refractivity contribution is 5.85. The smallest absolute Gasteiger partial charge is 0.237 e. The summed E-state index contributed by atoms with van der Waals surface area (Å²) in [4.78, 5) is 14.6. The molecule has 1 amide bonds. The van der Waals surface area contributed by atoms with Crippen LogP contribution in [0.2, 0.25) is 0 Å². The van der Waals surface area contributed by atoms with Crippen molar-refractivity contribution in [2.75, 3.05) is 24.5 Å². The lowest BCUT2D eigenvalue weighted by molar-refractivity contribution is -0.123. The summed E-state index contributed by atoms with van der Waals surface area (Å²) in [6.07, 6.45) is 4.41. The molecule has 1 saturated heterocycles. The molecule has 1 fully saturated rings. The maximum Gasteiger partial charge on any atom is 0.237 e. The minimum absolute atomic E-state index is 0. The Morgan fingerprint density at radius 1 is 1.35 bits per heavy atom. The van der Waals surface area contributed by atoms with E-state index in [-0.39, 0.29) is 36.8 Å². The number of carbonyl (C=O) groups excluding carboxylic acids is 1. The van der Waals surface area contributed by atoms with Gasteiger partial charge in [-0.15, -0.1) is 24.8 Å². The molecule has 0 spiro atoms. The maximum atomic E-state index is 12.2. The van der Waals surface area contributed by atoms with Crippen LogP contribution in [0.4, 0.5) is 5.69 Å². The van der Waals surface area contributed by atoms with Crippen molar-refractivity contribution in [3.8, 4) is 0 Å². The maximum absolute atomic E-state index is 12.2. The molecule has 1 unspecified atom stereocenters. The molecule has 130 valence electrons. The number of para-hydroxylation sites is 1. The van der Waals surface area contributed by atoms with Crippen molar-refractivity contribution in [3.63, 3.8) is 0 Å². The molecule has 0 bridgehead atoms. The summed E-state index contributed by atoms with van der Waals surface area (Å²) in [6.45, 7) is 4.92. The van der Waals surface area contributed by atoms with Crippen LogP contribution in [-0.2, 0) is 11.2 Å².